The SMILES string of the molecule is CCn1c(=O)c2sccc2n(CC(=O)N(C)c2ccccc2)c1=O. The fourth-order valence-electron chi connectivity index (χ4n) is 2.60. The maximum atomic E-state index is 12.6. The fourth-order valence-corrected chi connectivity index (χ4v) is 3.44. The summed E-state index contributed by atoms with van der Waals surface area (Å²) in [7, 11) is 1.67. The summed E-state index contributed by atoms with van der Waals surface area (Å²) in [5.41, 5.74) is 0.506. The third-order valence-corrected chi connectivity index (χ3v) is 4.86. The van der Waals surface area contributed by atoms with E-state index in [1.165, 1.54) is 20.8 Å². The summed E-state index contributed by atoms with van der Waals surface area (Å²) >= 11 is 1.28. The number of hydrogen-bond donors (Lipinski definition) is 0. The minimum absolute atomic E-state index is 0.113. The minimum Gasteiger partial charge on any atom is -0.314 e. The number of nitrogens with zero attached hydrogens (tertiary/aromatic N) is 3. The van der Waals surface area contributed by atoms with Gasteiger partial charge in [0.15, 0.2) is 0 Å². The maximum Gasteiger partial charge on any atom is 0.331 e. The van der Waals surface area contributed by atoms with Gasteiger partial charge in [-0.25, -0.2) is 4.79 Å². The molecule has 0 radical (unpaired) electrons. The molecule has 0 saturated heterocycles. The molecule has 0 bridgehead atoms. The number of hydrogen-bond acceptors (Lipinski definition) is 4. The van der Waals surface area contributed by atoms with E-state index in [1.807, 2.05) is 30.3 Å². The molecule has 6 nitrogen and oxygen atoms in total. The first-order valence-electron chi connectivity index (χ1n) is 7.57. The third-order valence-electron chi connectivity index (χ3n) is 3.96. The molecule has 3 rings (SSSR count). The highest BCUT2D eigenvalue weighted by molar-refractivity contribution is 7.17. The normalized spacial score (nSPS) is 10.9. The molecule has 24 heavy (non-hydrogen) atoms. The number of para-hydroxylation sites is 1. The van der Waals surface area contributed by atoms with Crippen LogP contribution in [0.4, 0.5) is 5.69 Å². The number of amides is 1. The summed E-state index contributed by atoms with van der Waals surface area (Å²) in [6, 6.07) is 10.9. The Morgan fingerprint density at radius 1 is 1.12 bits per heavy atom. The number of benzene rings is 1. The Kier molecular flexibility index (Phi) is 4.35. The number of anilines is 1. The van der Waals surface area contributed by atoms with Gasteiger partial charge in [-0.15, -0.1) is 11.3 Å². The van der Waals surface area contributed by atoms with Gasteiger partial charge in [0.05, 0.1) is 5.52 Å². The van der Waals surface area contributed by atoms with Crippen LogP contribution in [0.2, 0.25) is 0 Å². The molecule has 1 aromatic carbocycles. The van der Waals surface area contributed by atoms with Crippen molar-refractivity contribution in [3.8, 4) is 0 Å². The summed E-state index contributed by atoms with van der Waals surface area (Å²) in [5, 5.41) is 1.76. The standard InChI is InChI=1S/C17H17N3O3S/c1-3-19-16(22)15-13(9-10-24-15)20(17(19)23)11-14(21)18(2)12-7-5-4-6-8-12/h4-10H,3,11H2,1-2H3. The Hall–Kier alpha value is -2.67. The smallest absolute Gasteiger partial charge is 0.314 e. The molecule has 3 aromatic rings. The molecule has 1 amide bonds. The highest BCUT2D eigenvalue weighted by Crippen LogP contribution is 2.16. The van der Waals surface area contributed by atoms with E-state index >= 15 is 0 Å². The topological polar surface area (TPSA) is 64.3 Å². The van der Waals surface area contributed by atoms with Crippen molar-refractivity contribution in [1.82, 2.24) is 9.13 Å². The highest BCUT2D eigenvalue weighted by atomic mass is 32.1. The lowest BCUT2D eigenvalue weighted by Crippen LogP contribution is -2.42. The number of rotatable bonds is 4. The quantitative estimate of drug-likeness (QED) is 0.727. The average Bonchev–Trinajstić information content (AvgIpc) is 3.09. The molecule has 0 aliphatic heterocycles. The molecule has 0 unspecified atom stereocenters. The second-order valence-corrected chi connectivity index (χ2v) is 6.26. The van der Waals surface area contributed by atoms with Crippen LogP contribution in [0.1, 0.15) is 6.92 Å². The zero-order valence-corrected chi connectivity index (χ0v) is 14.2. The van der Waals surface area contributed by atoms with Crippen LogP contribution in [0.25, 0.3) is 10.2 Å². The molecule has 7 heteroatoms. The minimum atomic E-state index is -0.455. The van der Waals surface area contributed by atoms with Crippen LogP contribution < -0.4 is 16.1 Å². The van der Waals surface area contributed by atoms with E-state index in [2.05, 4.69) is 0 Å². The van der Waals surface area contributed by atoms with Crippen molar-refractivity contribution in [2.45, 2.75) is 20.0 Å². The maximum absolute atomic E-state index is 12.6. The van der Waals surface area contributed by atoms with E-state index in [4.69, 9.17) is 0 Å². The number of carbonyl (C=O) groups excluding carboxylic acids is 1. The van der Waals surface area contributed by atoms with Crippen LogP contribution >= 0.6 is 11.3 Å². The van der Waals surface area contributed by atoms with Crippen molar-refractivity contribution in [3.63, 3.8) is 0 Å². The summed E-state index contributed by atoms with van der Waals surface area (Å²) in [5.74, 6) is -0.225. The zero-order chi connectivity index (χ0) is 17.3. The van der Waals surface area contributed by atoms with Crippen molar-refractivity contribution in [1.29, 1.82) is 0 Å². The van der Waals surface area contributed by atoms with E-state index in [0.29, 0.717) is 10.2 Å². The number of fused-ring (bicyclic) bond motifs is 1. The van der Waals surface area contributed by atoms with Crippen molar-refractivity contribution in [2.24, 2.45) is 0 Å². The molecular weight excluding hydrogens is 326 g/mol. The van der Waals surface area contributed by atoms with Crippen molar-refractivity contribution in [3.05, 3.63) is 62.6 Å². The lowest BCUT2D eigenvalue weighted by atomic mass is 10.3. The average molecular weight is 343 g/mol. The van der Waals surface area contributed by atoms with Crippen LogP contribution in [-0.4, -0.2) is 22.1 Å². The Morgan fingerprint density at radius 3 is 2.50 bits per heavy atom. The number of carbonyl (C=O) groups is 1. The second kappa shape index (κ2) is 6.45. The van der Waals surface area contributed by atoms with E-state index in [9.17, 15) is 14.4 Å². The molecule has 0 aliphatic carbocycles. The molecule has 124 valence electrons. The largest absolute Gasteiger partial charge is 0.331 e. The summed E-state index contributed by atoms with van der Waals surface area (Å²) in [6.07, 6.45) is 0. The van der Waals surface area contributed by atoms with Crippen molar-refractivity contribution >= 4 is 33.1 Å². The van der Waals surface area contributed by atoms with E-state index in [1.54, 1.807) is 25.4 Å². The highest BCUT2D eigenvalue weighted by Gasteiger charge is 2.18. The molecular formula is C17H17N3O3S. The zero-order valence-electron chi connectivity index (χ0n) is 13.4. The van der Waals surface area contributed by atoms with E-state index in [0.717, 1.165) is 10.3 Å². The molecule has 0 spiro atoms. The third kappa shape index (κ3) is 2.67. The predicted octanol–water partition coefficient (Wildman–Crippen LogP) is 1.91. The Bertz CT molecular complexity index is 1000. The Balaban J connectivity index is 2.04. The monoisotopic (exact) mass is 343 g/mol. The molecule has 2 aromatic heterocycles. The van der Waals surface area contributed by atoms with Gasteiger partial charge in [0.1, 0.15) is 11.2 Å². The van der Waals surface area contributed by atoms with E-state index < -0.39 is 5.69 Å². The van der Waals surface area contributed by atoms with Gasteiger partial charge in [-0.2, -0.15) is 0 Å². The predicted molar refractivity (Wildman–Crippen MR) is 95.9 cm³/mol. The van der Waals surface area contributed by atoms with Crippen molar-refractivity contribution in [2.75, 3.05) is 11.9 Å². The first-order chi connectivity index (χ1) is 11.5. The first kappa shape index (κ1) is 16.2. The van der Waals surface area contributed by atoms with Crippen LogP contribution in [0.5, 0.6) is 0 Å². The molecule has 2 heterocycles. The van der Waals surface area contributed by atoms with Gasteiger partial charge in [-0.05, 0) is 30.5 Å². The van der Waals surface area contributed by atoms with Gasteiger partial charge in [0.2, 0.25) is 5.91 Å². The molecule has 0 fully saturated rings. The lowest BCUT2D eigenvalue weighted by molar-refractivity contribution is -0.118. The van der Waals surface area contributed by atoms with Crippen molar-refractivity contribution < 1.29 is 4.79 Å². The van der Waals surface area contributed by atoms with Gasteiger partial charge in [0.25, 0.3) is 5.56 Å². The molecule has 0 N–H and O–H groups in total. The van der Waals surface area contributed by atoms with Gasteiger partial charge in [-0.3, -0.25) is 18.7 Å². The van der Waals surface area contributed by atoms with Crippen LogP contribution in [0.3, 0.4) is 0 Å². The number of thiophene rings is 1. The number of aromatic nitrogens is 2. The van der Waals surface area contributed by atoms with E-state index in [-0.39, 0.29) is 24.6 Å². The summed E-state index contributed by atoms with van der Waals surface area (Å²) in [4.78, 5) is 39.0. The van der Waals surface area contributed by atoms with Gasteiger partial charge < -0.3 is 4.90 Å². The molecule has 0 aliphatic rings. The van der Waals surface area contributed by atoms with Crippen LogP contribution in [0.15, 0.2) is 51.4 Å². The van der Waals surface area contributed by atoms with Gasteiger partial charge in [-0.1, -0.05) is 18.2 Å². The Morgan fingerprint density at radius 2 is 1.83 bits per heavy atom. The fraction of sp³-hybridized carbons (Fsp3) is 0.235. The molecule has 0 atom stereocenters. The van der Waals surface area contributed by atoms with Crippen LogP contribution in [0, 0.1) is 0 Å². The lowest BCUT2D eigenvalue weighted by Gasteiger charge is -2.18. The molecule has 0 saturated carbocycles. The summed E-state index contributed by atoms with van der Waals surface area (Å²) < 4.78 is 3.03. The van der Waals surface area contributed by atoms with Gasteiger partial charge >= 0.3 is 5.69 Å². The van der Waals surface area contributed by atoms with Gasteiger partial charge in [0, 0.05) is 19.3 Å². The number of likely N-dealkylation sites (N-methyl/N-ethyl adjacent to an activating group) is 1. The first-order valence-corrected chi connectivity index (χ1v) is 8.45. The van der Waals surface area contributed by atoms with Crippen LogP contribution in [-0.2, 0) is 17.9 Å². The second-order valence-electron chi connectivity index (χ2n) is 5.34. The summed E-state index contributed by atoms with van der Waals surface area (Å²) in [6.45, 7) is 1.90. The Labute approximate surface area is 142 Å².